The number of aromatic amines is 1. The summed E-state index contributed by atoms with van der Waals surface area (Å²) in [4.78, 5) is 54.1. The van der Waals surface area contributed by atoms with E-state index in [1.807, 2.05) is 24.3 Å². The first-order chi connectivity index (χ1) is 17.2. The van der Waals surface area contributed by atoms with Crippen LogP contribution in [0.4, 0.5) is 0 Å². The standard InChI is InChI=1S/C26H25N3O6S/c1-14-10-17(8-9-19(14)25(32)35-4)15(2)29-24(31)20-12-21(36-23(20)28-26(29)33)22(30)27-13-16-6-5-7-18(11-16)34-3/h5-12,15H,13H2,1-4H3,(H,27,30)(H,28,33). The predicted octanol–water partition coefficient (Wildman–Crippen LogP) is 3.39. The van der Waals surface area contributed by atoms with Crippen molar-refractivity contribution in [2.24, 2.45) is 0 Å². The lowest BCUT2D eigenvalue weighted by atomic mass is 10.0. The average molecular weight is 508 g/mol. The Kier molecular flexibility index (Phi) is 7.07. The number of thiophene rings is 1. The van der Waals surface area contributed by atoms with Gasteiger partial charge in [-0.1, -0.05) is 24.3 Å². The molecule has 4 aromatic rings. The second kappa shape index (κ2) is 10.2. The Labute approximate surface area is 210 Å². The van der Waals surface area contributed by atoms with Gasteiger partial charge < -0.3 is 14.8 Å². The number of rotatable bonds is 7. The fourth-order valence-corrected chi connectivity index (χ4v) is 4.93. The van der Waals surface area contributed by atoms with Crippen LogP contribution >= 0.6 is 11.3 Å². The smallest absolute Gasteiger partial charge is 0.338 e. The second-order valence-electron chi connectivity index (χ2n) is 8.23. The minimum absolute atomic E-state index is 0.251. The molecule has 36 heavy (non-hydrogen) atoms. The highest BCUT2D eigenvalue weighted by Gasteiger charge is 2.20. The maximum atomic E-state index is 13.3. The van der Waals surface area contributed by atoms with Crippen molar-refractivity contribution in [1.29, 1.82) is 0 Å². The minimum atomic E-state index is -0.610. The molecular formula is C26H25N3O6S. The summed E-state index contributed by atoms with van der Waals surface area (Å²) in [6, 6.07) is 13.3. The van der Waals surface area contributed by atoms with E-state index in [0.717, 1.165) is 21.5 Å². The normalized spacial score (nSPS) is 11.8. The number of carbonyl (C=O) groups excluding carboxylic acids is 2. The molecule has 0 aliphatic heterocycles. The highest BCUT2D eigenvalue weighted by Crippen LogP contribution is 2.23. The number of H-pyrrole nitrogens is 1. The number of amides is 1. The number of nitrogens with zero attached hydrogens (tertiary/aromatic N) is 1. The SMILES string of the molecule is COC(=O)c1ccc(C(C)n2c(=O)[nH]c3sc(C(=O)NCc4cccc(OC)c4)cc3c2=O)cc1C. The molecule has 2 aromatic heterocycles. The van der Waals surface area contributed by atoms with Crippen LogP contribution in [0, 0.1) is 6.92 Å². The Hall–Kier alpha value is -4.18. The number of aromatic nitrogens is 2. The molecule has 0 radical (unpaired) electrons. The summed E-state index contributed by atoms with van der Waals surface area (Å²) in [7, 11) is 2.88. The quantitative estimate of drug-likeness (QED) is 0.370. The van der Waals surface area contributed by atoms with E-state index in [1.165, 1.54) is 13.2 Å². The molecule has 0 saturated heterocycles. The van der Waals surface area contributed by atoms with Gasteiger partial charge in [0.25, 0.3) is 11.5 Å². The van der Waals surface area contributed by atoms with Crippen LogP contribution in [0.15, 0.2) is 58.1 Å². The molecule has 9 nitrogen and oxygen atoms in total. The fraction of sp³-hybridized carbons (Fsp3) is 0.231. The number of methoxy groups -OCH3 is 2. The molecule has 10 heteroatoms. The molecule has 186 valence electrons. The van der Waals surface area contributed by atoms with E-state index < -0.39 is 23.3 Å². The summed E-state index contributed by atoms with van der Waals surface area (Å²) >= 11 is 1.05. The summed E-state index contributed by atoms with van der Waals surface area (Å²) in [6.07, 6.45) is 0. The molecule has 0 bridgehead atoms. The fourth-order valence-electron chi connectivity index (χ4n) is 3.97. The van der Waals surface area contributed by atoms with Crippen molar-refractivity contribution in [3.63, 3.8) is 0 Å². The third-order valence-corrected chi connectivity index (χ3v) is 7.01. The number of hydrogen-bond acceptors (Lipinski definition) is 7. The van der Waals surface area contributed by atoms with Crippen molar-refractivity contribution in [1.82, 2.24) is 14.9 Å². The summed E-state index contributed by atoms with van der Waals surface area (Å²) < 4.78 is 11.1. The Balaban J connectivity index is 1.62. The lowest BCUT2D eigenvalue weighted by molar-refractivity contribution is 0.0599. The van der Waals surface area contributed by atoms with Crippen LogP contribution in [0.5, 0.6) is 5.75 Å². The summed E-state index contributed by atoms with van der Waals surface area (Å²) in [5, 5.41) is 3.08. The number of hydrogen-bond donors (Lipinski definition) is 2. The maximum absolute atomic E-state index is 13.3. The minimum Gasteiger partial charge on any atom is -0.497 e. The molecule has 1 atom stereocenters. The molecule has 1 unspecified atom stereocenters. The molecule has 2 aromatic carbocycles. The first-order valence-corrected chi connectivity index (χ1v) is 11.9. The molecule has 0 saturated carbocycles. The van der Waals surface area contributed by atoms with Crippen LogP contribution < -0.4 is 21.3 Å². The first-order valence-electron chi connectivity index (χ1n) is 11.1. The number of aryl methyl sites for hydroxylation is 1. The third kappa shape index (κ3) is 4.80. The van der Waals surface area contributed by atoms with Crippen LogP contribution in [0.1, 0.15) is 49.7 Å². The molecule has 0 aliphatic carbocycles. The maximum Gasteiger partial charge on any atom is 0.338 e. The Morgan fingerprint density at radius 1 is 1.11 bits per heavy atom. The molecule has 0 fully saturated rings. The van der Waals surface area contributed by atoms with Gasteiger partial charge in [-0.15, -0.1) is 11.3 Å². The van der Waals surface area contributed by atoms with Gasteiger partial charge in [-0.25, -0.2) is 9.59 Å². The number of carbonyl (C=O) groups is 2. The van der Waals surface area contributed by atoms with Crippen molar-refractivity contribution in [3.05, 3.63) is 96.5 Å². The lowest BCUT2D eigenvalue weighted by Crippen LogP contribution is -2.37. The monoisotopic (exact) mass is 507 g/mol. The lowest BCUT2D eigenvalue weighted by Gasteiger charge is -2.16. The van der Waals surface area contributed by atoms with E-state index in [1.54, 1.807) is 39.2 Å². The zero-order chi connectivity index (χ0) is 26.0. The Morgan fingerprint density at radius 3 is 2.58 bits per heavy atom. The van der Waals surface area contributed by atoms with Crippen molar-refractivity contribution in [2.45, 2.75) is 26.4 Å². The van der Waals surface area contributed by atoms with Gasteiger partial charge in [-0.3, -0.25) is 19.1 Å². The Morgan fingerprint density at radius 2 is 1.89 bits per heavy atom. The predicted molar refractivity (Wildman–Crippen MR) is 137 cm³/mol. The van der Waals surface area contributed by atoms with Gasteiger partial charge in [0.2, 0.25) is 0 Å². The largest absolute Gasteiger partial charge is 0.497 e. The van der Waals surface area contributed by atoms with Crippen LogP contribution in [0.25, 0.3) is 10.2 Å². The van der Waals surface area contributed by atoms with Gasteiger partial charge in [-0.2, -0.15) is 0 Å². The topological polar surface area (TPSA) is 119 Å². The van der Waals surface area contributed by atoms with Crippen molar-refractivity contribution >= 4 is 33.4 Å². The van der Waals surface area contributed by atoms with Gasteiger partial charge in [0.15, 0.2) is 0 Å². The van der Waals surface area contributed by atoms with Crippen molar-refractivity contribution < 1.29 is 19.1 Å². The number of ether oxygens (including phenoxy) is 2. The van der Waals surface area contributed by atoms with Gasteiger partial charge in [0.1, 0.15) is 10.6 Å². The number of benzene rings is 2. The van der Waals surface area contributed by atoms with Crippen LogP contribution in [-0.2, 0) is 11.3 Å². The van der Waals surface area contributed by atoms with Crippen LogP contribution in [0.3, 0.4) is 0 Å². The number of fused-ring (bicyclic) bond motifs is 1. The molecule has 1 amide bonds. The molecule has 4 rings (SSSR count). The van der Waals surface area contributed by atoms with E-state index in [-0.39, 0.29) is 17.8 Å². The van der Waals surface area contributed by atoms with E-state index in [0.29, 0.717) is 32.1 Å². The molecule has 2 N–H and O–H groups in total. The van der Waals surface area contributed by atoms with E-state index in [9.17, 15) is 19.2 Å². The van der Waals surface area contributed by atoms with E-state index >= 15 is 0 Å². The van der Waals surface area contributed by atoms with Crippen molar-refractivity contribution in [3.8, 4) is 5.75 Å². The molecular weight excluding hydrogens is 482 g/mol. The molecule has 2 heterocycles. The summed E-state index contributed by atoms with van der Waals surface area (Å²) in [5.41, 5.74) is 1.54. The van der Waals surface area contributed by atoms with E-state index in [2.05, 4.69) is 10.3 Å². The summed E-state index contributed by atoms with van der Waals surface area (Å²) in [6.45, 7) is 3.76. The highest BCUT2D eigenvalue weighted by atomic mass is 32.1. The number of esters is 1. The van der Waals surface area contributed by atoms with Crippen molar-refractivity contribution in [2.75, 3.05) is 14.2 Å². The van der Waals surface area contributed by atoms with Gasteiger partial charge in [-0.05, 0) is 54.8 Å². The van der Waals surface area contributed by atoms with E-state index in [4.69, 9.17) is 9.47 Å². The number of nitrogens with one attached hydrogen (secondary N) is 2. The van der Waals surface area contributed by atoms with Gasteiger partial charge in [0, 0.05) is 6.54 Å². The van der Waals surface area contributed by atoms with Crippen LogP contribution in [-0.4, -0.2) is 35.6 Å². The van der Waals surface area contributed by atoms with Gasteiger partial charge >= 0.3 is 11.7 Å². The second-order valence-corrected chi connectivity index (χ2v) is 9.29. The highest BCUT2D eigenvalue weighted by molar-refractivity contribution is 7.20. The van der Waals surface area contributed by atoms with Crippen LogP contribution in [0.2, 0.25) is 0 Å². The summed E-state index contributed by atoms with van der Waals surface area (Å²) in [5.74, 6) is -0.127. The Bertz CT molecular complexity index is 1580. The van der Waals surface area contributed by atoms with Gasteiger partial charge in [0.05, 0.1) is 36.1 Å². The third-order valence-electron chi connectivity index (χ3n) is 5.96. The molecule has 0 spiro atoms. The molecule has 0 aliphatic rings. The zero-order valence-corrected chi connectivity index (χ0v) is 21.0. The zero-order valence-electron chi connectivity index (χ0n) is 20.2. The first kappa shape index (κ1) is 24.9. The average Bonchev–Trinajstić information content (AvgIpc) is 3.31.